The van der Waals surface area contributed by atoms with Gasteiger partial charge in [0.1, 0.15) is 0 Å². The maximum Gasteiger partial charge on any atom is 0.0317 e. The third-order valence-electron chi connectivity index (χ3n) is 3.27. The molecule has 0 radical (unpaired) electrons. The van der Waals surface area contributed by atoms with E-state index in [1.165, 1.54) is 24.0 Å². The molecule has 0 spiro atoms. The van der Waals surface area contributed by atoms with Crippen molar-refractivity contribution in [1.82, 2.24) is 4.90 Å². The van der Waals surface area contributed by atoms with Gasteiger partial charge in [0.15, 0.2) is 0 Å². The van der Waals surface area contributed by atoms with Crippen LogP contribution in [0.1, 0.15) is 37.8 Å². The second-order valence-corrected chi connectivity index (χ2v) is 4.72. The molecule has 0 amide bonds. The van der Waals surface area contributed by atoms with Gasteiger partial charge in [-0.05, 0) is 43.7 Å². The molecule has 17 heavy (non-hydrogen) atoms. The van der Waals surface area contributed by atoms with Gasteiger partial charge in [0.2, 0.25) is 0 Å². The van der Waals surface area contributed by atoms with Crippen LogP contribution in [0.15, 0.2) is 24.8 Å². The van der Waals surface area contributed by atoms with Crippen LogP contribution < -0.4 is 5.73 Å². The van der Waals surface area contributed by atoms with Crippen molar-refractivity contribution in [3.05, 3.63) is 35.9 Å². The summed E-state index contributed by atoms with van der Waals surface area (Å²) in [5.41, 5.74) is 9.09. The van der Waals surface area contributed by atoms with Crippen molar-refractivity contribution in [2.24, 2.45) is 0 Å². The van der Waals surface area contributed by atoms with Crippen molar-refractivity contribution in [3.63, 3.8) is 0 Å². The summed E-state index contributed by atoms with van der Waals surface area (Å²) in [5, 5.41) is 0. The van der Waals surface area contributed by atoms with E-state index in [1.807, 2.05) is 24.3 Å². The summed E-state index contributed by atoms with van der Waals surface area (Å²) < 4.78 is 0. The topological polar surface area (TPSA) is 29.3 Å². The lowest BCUT2D eigenvalue weighted by Crippen LogP contribution is -2.28. The average molecular weight is 232 g/mol. The van der Waals surface area contributed by atoms with Crippen LogP contribution in [-0.4, -0.2) is 18.0 Å². The highest BCUT2D eigenvalue weighted by atomic mass is 15.1. The molecule has 0 saturated carbocycles. The quantitative estimate of drug-likeness (QED) is 0.760. The first-order valence-electron chi connectivity index (χ1n) is 6.29. The Morgan fingerprint density at radius 3 is 2.76 bits per heavy atom. The molecule has 1 atom stereocenters. The van der Waals surface area contributed by atoms with Crippen molar-refractivity contribution >= 4 is 11.8 Å². The van der Waals surface area contributed by atoms with Gasteiger partial charge in [-0.2, -0.15) is 0 Å². The highest BCUT2D eigenvalue weighted by Crippen LogP contribution is 2.18. The Labute approximate surface area is 105 Å². The van der Waals surface area contributed by atoms with Gasteiger partial charge < -0.3 is 5.73 Å². The fourth-order valence-corrected chi connectivity index (χ4v) is 2.02. The number of rotatable bonds is 6. The Bertz CT molecular complexity index is 371. The normalized spacial score (nSPS) is 12.7. The van der Waals surface area contributed by atoms with Gasteiger partial charge in [-0.1, -0.05) is 32.1 Å². The lowest BCUT2D eigenvalue weighted by molar-refractivity contribution is 0.237. The highest BCUT2D eigenvalue weighted by Gasteiger charge is 2.10. The van der Waals surface area contributed by atoms with Crippen LogP contribution in [0.5, 0.6) is 0 Å². The van der Waals surface area contributed by atoms with Crippen LogP contribution >= 0.6 is 0 Å². The van der Waals surface area contributed by atoms with Crippen molar-refractivity contribution in [2.75, 3.05) is 12.8 Å². The third kappa shape index (κ3) is 3.90. The van der Waals surface area contributed by atoms with Crippen LogP contribution in [0, 0.1) is 0 Å². The minimum Gasteiger partial charge on any atom is -0.399 e. The molecular weight excluding hydrogens is 208 g/mol. The van der Waals surface area contributed by atoms with Gasteiger partial charge in [-0.3, -0.25) is 4.90 Å². The van der Waals surface area contributed by atoms with E-state index in [-0.39, 0.29) is 0 Å². The molecule has 0 aliphatic carbocycles. The Hall–Kier alpha value is -1.28. The number of benzene rings is 1. The molecule has 1 unspecified atom stereocenters. The molecular formula is C15H24N2. The Morgan fingerprint density at radius 2 is 2.18 bits per heavy atom. The first-order valence-corrected chi connectivity index (χ1v) is 6.29. The molecule has 0 fully saturated rings. The zero-order valence-electron chi connectivity index (χ0n) is 11.2. The standard InChI is InChI=1S/C15H24N2/c1-5-7-12(3)17(4)11-14-10-15(16)9-8-13(14)6-2/h6,8-10,12H,2,5,7,11,16H2,1,3-4H3. The van der Waals surface area contributed by atoms with E-state index in [0.29, 0.717) is 6.04 Å². The van der Waals surface area contributed by atoms with Crippen molar-refractivity contribution in [1.29, 1.82) is 0 Å². The second kappa shape index (κ2) is 6.45. The minimum atomic E-state index is 0.596. The van der Waals surface area contributed by atoms with Crippen LogP contribution in [0.3, 0.4) is 0 Å². The number of hydrogen-bond donors (Lipinski definition) is 1. The zero-order valence-corrected chi connectivity index (χ0v) is 11.2. The van der Waals surface area contributed by atoms with Crippen molar-refractivity contribution in [2.45, 2.75) is 39.3 Å². The van der Waals surface area contributed by atoms with Crippen LogP contribution in [0.2, 0.25) is 0 Å². The molecule has 94 valence electrons. The number of nitrogen functional groups attached to an aromatic ring is 1. The first-order chi connectivity index (χ1) is 8.08. The summed E-state index contributed by atoms with van der Waals surface area (Å²) in [4.78, 5) is 2.37. The molecule has 0 aliphatic heterocycles. The molecule has 2 nitrogen and oxygen atoms in total. The SMILES string of the molecule is C=Cc1ccc(N)cc1CN(C)C(C)CCC. The summed E-state index contributed by atoms with van der Waals surface area (Å²) >= 11 is 0. The summed E-state index contributed by atoms with van der Waals surface area (Å²) in [6, 6.07) is 6.61. The third-order valence-corrected chi connectivity index (χ3v) is 3.27. The van der Waals surface area contributed by atoms with E-state index in [4.69, 9.17) is 5.73 Å². The maximum atomic E-state index is 5.84. The van der Waals surface area contributed by atoms with Gasteiger partial charge in [0, 0.05) is 18.3 Å². The van der Waals surface area contributed by atoms with Gasteiger partial charge in [-0.25, -0.2) is 0 Å². The summed E-state index contributed by atoms with van der Waals surface area (Å²) in [6.07, 6.45) is 4.34. The summed E-state index contributed by atoms with van der Waals surface area (Å²) in [6.45, 7) is 9.26. The van der Waals surface area contributed by atoms with E-state index in [1.54, 1.807) is 0 Å². The Balaban J connectivity index is 2.79. The van der Waals surface area contributed by atoms with E-state index < -0.39 is 0 Å². The predicted molar refractivity (Wildman–Crippen MR) is 76.8 cm³/mol. The summed E-state index contributed by atoms with van der Waals surface area (Å²) in [5.74, 6) is 0. The Kier molecular flexibility index (Phi) is 5.23. The predicted octanol–water partition coefficient (Wildman–Crippen LogP) is 3.53. The van der Waals surface area contributed by atoms with E-state index in [9.17, 15) is 0 Å². The highest BCUT2D eigenvalue weighted by molar-refractivity contribution is 5.57. The first kappa shape index (κ1) is 13.8. The zero-order chi connectivity index (χ0) is 12.8. The number of hydrogen-bond acceptors (Lipinski definition) is 2. The average Bonchev–Trinajstić information content (AvgIpc) is 2.29. The fourth-order valence-electron chi connectivity index (χ4n) is 2.02. The second-order valence-electron chi connectivity index (χ2n) is 4.72. The molecule has 0 aliphatic rings. The van der Waals surface area contributed by atoms with E-state index in [2.05, 4.69) is 32.4 Å². The van der Waals surface area contributed by atoms with Crippen molar-refractivity contribution in [3.8, 4) is 0 Å². The number of nitrogens with two attached hydrogens (primary N) is 1. The Morgan fingerprint density at radius 1 is 1.47 bits per heavy atom. The van der Waals surface area contributed by atoms with Gasteiger partial charge in [-0.15, -0.1) is 0 Å². The molecule has 1 rings (SSSR count). The molecule has 0 heterocycles. The van der Waals surface area contributed by atoms with Gasteiger partial charge in [0.25, 0.3) is 0 Å². The molecule has 0 aromatic heterocycles. The molecule has 1 aromatic carbocycles. The lowest BCUT2D eigenvalue weighted by atomic mass is 10.0. The molecule has 2 heteroatoms. The van der Waals surface area contributed by atoms with Gasteiger partial charge >= 0.3 is 0 Å². The van der Waals surface area contributed by atoms with E-state index >= 15 is 0 Å². The van der Waals surface area contributed by atoms with Gasteiger partial charge in [0.05, 0.1) is 0 Å². The lowest BCUT2D eigenvalue weighted by Gasteiger charge is -2.25. The molecule has 2 N–H and O–H groups in total. The summed E-state index contributed by atoms with van der Waals surface area (Å²) in [7, 11) is 2.16. The van der Waals surface area contributed by atoms with Crippen LogP contribution in [0.4, 0.5) is 5.69 Å². The minimum absolute atomic E-state index is 0.596. The molecule has 0 saturated heterocycles. The maximum absolute atomic E-state index is 5.84. The van der Waals surface area contributed by atoms with Crippen LogP contribution in [0.25, 0.3) is 6.08 Å². The monoisotopic (exact) mass is 232 g/mol. The molecule has 0 bridgehead atoms. The fraction of sp³-hybridized carbons (Fsp3) is 0.467. The largest absolute Gasteiger partial charge is 0.399 e. The number of nitrogens with zero attached hydrogens (tertiary/aromatic N) is 1. The van der Waals surface area contributed by atoms with Crippen molar-refractivity contribution < 1.29 is 0 Å². The number of anilines is 1. The van der Waals surface area contributed by atoms with Crippen LogP contribution in [-0.2, 0) is 6.54 Å². The smallest absolute Gasteiger partial charge is 0.0317 e. The van der Waals surface area contributed by atoms with E-state index in [0.717, 1.165) is 12.2 Å². The molecule has 1 aromatic rings.